The van der Waals surface area contributed by atoms with Crippen LogP contribution in [0, 0.1) is 5.82 Å². The molecular weight excluding hydrogens is 419 g/mol. The quantitative estimate of drug-likeness (QED) is 0.230. The van der Waals surface area contributed by atoms with Crippen molar-refractivity contribution in [2.75, 3.05) is 21.3 Å². The SMILES string of the molecule is COC(=O)c1ccc(-c2nc(-c3ccc(OC)c(F)c3)cc(C(=O)OC)c2N=[N+]=[N-])cc1. The fourth-order valence-electron chi connectivity index (χ4n) is 3.01. The predicted octanol–water partition coefficient (Wildman–Crippen LogP) is 5.08. The molecule has 2 aromatic carbocycles. The average Bonchev–Trinajstić information content (AvgIpc) is 2.83. The number of azide groups is 1. The van der Waals surface area contributed by atoms with Crippen molar-refractivity contribution < 1.29 is 28.2 Å². The Morgan fingerprint density at radius 2 is 1.62 bits per heavy atom. The number of ether oxygens (including phenoxy) is 3. The minimum Gasteiger partial charge on any atom is -0.494 e. The fraction of sp³-hybridized carbons (Fsp3) is 0.136. The number of benzene rings is 2. The monoisotopic (exact) mass is 436 g/mol. The molecule has 1 heterocycles. The summed E-state index contributed by atoms with van der Waals surface area (Å²) in [5.74, 6) is -1.87. The van der Waals surface area contributed by atoms with Gasteiger partial charge in [-0.3, -0.25) is 0 Å². The van der Waals surface area contributed by atoms with Crippen LogP contribution in [0.1, 0.15) is 20.7 Å². The summed E-state index contributed by atoms with van der Waals surface area (Å²) < 4.78 is 28.7. The molecule has 0 saturated heterocycles. The normalized spacial score (nSPS) is 10.1. The molecule has 0 atom stereocenters. The van der Waals surface area contributed by atoms with Crippen LogP contribution < -0.4 is 4.74 Å². The lowest BCUT2D eigenvalue weighted by molar-refractivity contribution is 0.0592. The molecule has 32 heavy (non-hydrogen) atoms. The van der Waals surface area contributed by atoms with Crippen LogP contribution in [0.25, 0.3) is 33.0 Å². The van der Waals surface area contributed by atoms with Crippen LogP contribution in [0.5, 0.6) is 5.75 Å². The molecule has 9 nitrogen and oxygen atoms in total. The van der Waals surface area contributed by atoms with Crippen LogP contribution in [-0.4, -0.2) is 38.3 Å². The Labute approximate surface area is 182 Å². The van der Waals surface area contributed by atoms with Gasteiger partial charge in [0, 0.05) is 16.0 Å². The third-order valence-corrected chi connectivity index (χ3v) is 4.57. The molecule has 0 aliphatic rings. The summed E-state index contributed by atoms with van der Waals surface area (Å²) in [5, 5.41) is 3.64. The van der Waals surface area contributed by atoms with Crippen LogP contribution in [0.2, 0.25) is 0 Å². The van der Waals surface area contributed by atoms with Gasteiger partial charge in [-0.05, 0) is 41.9 Å². The van der Waals surface area contributed by atoms with E-state index in [1.54, 1.807) is 18.2 Å². The highest BCUT2D eigenvalue weighted by Crippen LogP contribution is 2.36. The third kappa shape index (κ3) is 4.35. The number of esters is 2. The number of pyridine rings is 1. The van der Waals surface area contributed by atoms with Gasteiger partial charge in [-0.2, -0.15) is 0 Å². The predicted molar refractivity (Wildman–Crippen MR) is 113 cm³/mol. The molecule has 3 aromatic rings. The Morgan fingerprint density at radius 3 is 2.19 bits per heavy atom. The fourth-order valence-corrected chi connectivity index (χ4v) is 3.01. The summed E-state index contributed by atoms with van der Waals surface area (Å²) in [5.41, 5.74) is 10.4. The van der Waals surface area contributed by atoms with Gasteiger partial charge in [-0.1, -0.05) is 17.2 Å². The van der Waals surface area contributed by atoms with Gasteiger partial charge in [0.1, 0.15) is 0 Å². The van der Waals surface area contributed by atoms with E-state index in [9.17, 15) is 14.0 Å². The number of carbonyl (C=O) groups excluding carboxylic acids is 2. The van der Waals surface area contributed by atoms with Crippen molar-refractivity contribution in [3.63, 3.8) is 0 Å². The second-order valence-corrected chi connectivity index (χ2v) is 6.35. The summed E-state index contributed by atoms with van der Waals surface area (Å²) in [6.45, 7) is 0. The molecular formula is C22H17FN4O5. The maximum Gasteiger partial charge on any atom is 0.338 e. The molecule has 0 aliphatic heterocycles. The Kier molecular flexibility index (Phi) is 6.67. The van der Waals surface area contributed by atoms with E-state index < -0.39 is 17.8 Å². The highest BCUT2D eigenvalue weighted by atomic mass is 19.1. The molecule has 0 saturated carbocycles. The van der Waals surface area contributed by atoms with Crippen molar-refractivity contribution >= 4 is 17.6 Å². The molecule has 0 aliphatic carbocycles. The minimum absolute atomic E-state index is 0.0475. The highest BCUT2D eigenvalue weighted by Gasteiger charge is 2.21. The van der Waals surface area contributed by atoms with Gasteiger partial charge in [0.05, 0.1) is 49.5 Å². The van der Waals surface area contributed by atoms with E-state index in [-0.39, 0.29) is 28.4 Å². The molecule has 10 heteroatoms. The molecule has 0 amide bonds. The zero-order valence-electron chi connectivity index (χ0n) is 17.3. The van der Waals surface area contributed by atoms with Gasteiger partial charge in [0.2, 0.25) is 0 Å². The van der Waals surface area contributed by atoms with Crippen molar-refractivity contribution in [3.05, 3.63) is 75.9 Å². The smallest absolute Gasteiger partial charge is 0.338 e. The van der Waals surface area contributed by atoms with Crippen molar-refractivity contribution in [2.45, 2.75) is 0 Å². The second-order valence-electron chi connectivity index (χ2n) is 6.35. The topological polar surface area (TPSA) is 123 Å². The lowest BCUT2D eigenvalue weighted by Crippen LogP contribution is -2.05. The maximum absolute atomic E-state index is 14.3. The Hall–Kier alpha value is -4.43. The summed E-state index contributed by atoms with van der Waals surface area (Å²) >= 11 is 0. The second kappa shape index (κ2) is 9.59. The first-order valence-corrected chi connectivity index (χ1v) is 9.14. The van der Waals surface area contributed by atoms with Gasteiger partial charge in [0.25, 0.3) is 0 Å². The number of halogens is 1. The number of hydrogen-bond donors (Lipinski definition) is 0. The van der Waals surface area contributed by atoms with Crippen LogP contribution >= 0.6 is 0 Å². The number of aromatic nitrogens is 1. The number of hydrogen-bond acceptors (Lipinski definition) is 7. The first-order chi connectivity index (χ1) is 15.4. The van der Waals surface area contributed by atoms with Crippen LogP contribution in [0.3, 0.4) is 0 Å². The Bertz CT molecular complexity index is 1240. The van der Waals surface area contributed by atoms with E-state index in [0.29, 0.717) is 16.7 Å². The third-order valence-electron chi connectivity index (χ3n) is 4.57. The summed E-state index contributed by atoms with van der Waals surface area (Å²) in [6, 6.07) is 11.7. The summed E-state index contributed by atoms with van der Waals surface area (Å²) in [6.07, 6.45) is 0. The lowest BCUT2D eigenvalue weighted by atomic mass is 10.0. The van der Waals surface area contributed by atoms with E-state index in [0.717, 1.165) is 0 Å². The first kappa shape index (κ1) is 22.3. The molecule has 0 radical (unpaired) electrons. The van der Waals surface area contributed by atoms with Crippen LogP contribution in [-0.2, 0) is 9.47 Å². The van der Waals surface area contributed by atoms with E-state index in [1.165, 1.54) is 51.7 Å². The molecule has 1 aromatic heterocycles. The zero-order valence-corrected chi connectivity index (χ0v) is 17.3. The van der Waals surface area contributed by atoms with Gasteiger partial charge >= 0.3 is 11.9 Å². The van der Waals surface area contributed by atoms with Crippen molar-refractivity contribution in [2.24, 2.45) is 5.11 Å². The Morgan fingerprint density at radius 1 is 0.969 bits per heavy atom. The number of nitrogens with zero attached hydrogens (tertiary/aromatic N) is 4. The van der Waals surface area contributed by atoms with E-state index in [4.69, 9.17) is 15.0 Å². The maximum atomic E-state index is 14.3. The van der Waals surface area contributed by atoms with Crippen molar-refractivity contribution in [1.82, 2.24) is 4.98 Å². The van der Waals surface area contributed by atoms with Gasteiger partial charge in [-0.25, -0.2) is 19.0 Å². The van der Waals surface area contributed by atoms with E-state index in [2.05, 4.69) is 19.7 Å². The molecule has 0 spiro atoms. The molecule has 0 unspecified atom stereocenters. The lowest BCUT2D eigenvalue weighted by Gasteiger charge is -2.13. The zero-order chi connectivity index (χ0) is 23.3. The number of carbonyl (C=O) groups is 2. The van der Waals surface area contributed by atoms with Gasteiger partial charge in [-0.15, -0.1) is 0 Å². The highest BCUT2D eigenvalue weighted by molar-refractivity contribution is 6.00. The summed E-state index contributed by atoms with van der Waals surface area (Å²) in [4.78, 5) is 31.5. The molecule has 0 N–H and O–H groups in total. The minimum atomic E-state index is -0.766. The van der Waals surface area contributed by atoms with Crippen molar-refractivity contribution in [1.29, 1.82) is 0 Å². The van der Waals surface area contributed by atoms with Gasteiger partial charge < -0.3 is 14.2 Å². The Balaban J connectivity index is 2.27. The van der Waals surface area contributed by atoms with Crippen LogP contribution in [0.4, 0.5) is 10.1 Å². The van der Waals surface area contributed by atoms with E-state index >= 15 is 0 Å². The molecule has 0 bridgehead atoms. The first-order valence-electron chi connectivity index (χ1n) is 9.14. The summed E-state index contributed by atoms with van der Waals surface area (Å²) in [7, 11) is 3.79. The van der Waals surface area contributed by atoms with Gasteiger partial charge in [0.15, 0.2) is 11.6 Å². The molecule has 3 rings (SSSR count). The molecule has 0 fully saturated rings. The van der Waals surface area contributed by atoms with E-state index in [1.807, 2.05) is 0 Å². The van der Waals surface area contributed by atoms with Crippen LogP contribution in [0.15, 0.2) is 53.6 Å². The van der Waals surface area contributed by atoms with Crippen molar-refractivity contribution in [3.8, 4) is 28.3 Å². The average molecular weight is 436 g/mol. The number of methoxy groups -OCH3 is 3. The number of rotatable bonds is 6. The largest absolute Gasteiger partial charge is 0.494 e. The standard InChI is InChI=1S/C22H17FN4O5/c1-30-18-9-8-14(10-16(18)23)17-11-15(22(29)32-3)20(26-27-24)19(25-17)12-4-6-13(7-5-12)21(28)31-2/h4-11H,1-3H3. The molecule has 162 valence electrons.